The molecule has 0 amide bonds. The molecule has 6 heteroatoms. The molecule has 0 saturated heterocycles. The zero-order chi connectivity index (χ0) is 22.7. The van der Waals surface area contributed by atoms with E-state index < -0.39 is 0 Å². The summed E-state index contributed by atoms with van der Waals surface area (Å²) in [5, 5.41) is 19.7. The third-order valence-electron chi connectivity index (χ3n) is 5.94. The maximum atomic E-state index is 9.89. The van der Waals surface area contributed by atoms with Crippen LogP contribution in [0.1, 0.15) is 34.8 Å². The Labute approximate surface area is 188 Å². The predicted molar refractivity (Wildman–Crippen MR) is 121 cm³/mol. The van der Waals surface area contributed by atoms with Crippen molar-refractivity contribution in [1.82, 2.24) is 0 Å². The summed E-state index contributed by atoms with van der Waals surface area (Å²) < 4.78 is 22.4. The molecule has 0 radical (unpaired) electrons. The summed E-state index contributed by atoms with van der Waals surface area (Å²) in [6, 6.07) is 14.8. The number of rotatable bonds is 7. The van der Waals surface area contributed by atoms with Gasteiger partial charge >= 0.3 is 0 Å². The van der Waals surface area contributed by atoms with E-state index in [4.69, 9.17) is 18.9 Å². The van der Waals surface area contributed by atoms with Crippen molar-refractivity contribution >= 4 is 0 Å². The molecule has 168 valence electrons. The molecule has 32 heavy (non-hydrogen) atoms. The summed E-state index contributed by atoms with van der Waals surface area (Å²) in [6.07, 6.45) is 3.19. The van der Waals surface area contributed by atoms with E-state index in [1.165, 1.54) is 18.2 Å². The number of phenols is 2. The fourth-order valence-electron chi connectivity index (χ4n) is 4.18. The second kappa shape index (κ2) is 9.30. The molecule has 1 aliphatic rings. The van der Waals surface area contributed by atoms with Gasteiger partial charge in [0.2, 0.25) is 0 Å². The Morgan fingerprint density at radius 2 is 1.56 bits per heavy atom. The Bertz CT molecular complexity index is 1090. The largest absolute Gasteiger partial charge is 0.504 e. The lowest BCUT2D eigenvalue weighted by Crippen LogP contribution is -2.17. The molecule has 3 aromatic rings. The number of aromatic hydroxyl groups is 2. The molecule has 3 aromatic carbocycles. The van der Waals surface area contributed by atoms with Crippen LogP contribution >= 0.6 is 0 Å². The second-order valence-electron chi connectivity index (χ2n) is 7.85. The van der Waals surface area contributed by atoms with E-state index in [0.717, 1.165) is 48.3 Å². The van der Waals surface area contributed by atoms with Gasteiger partial charge in [-0.3, -0.25) is 0 Å². The monoisotopic (exact) mass is 436 g/mol. The Balaban J connectivity index is 1.57. The summed E-state index contributed by atoms with van der Waals surface area (Å²) in [4.78, 5) is 0. The number of hydrogen-bond acceptors (Lipinski definition) is 6. The van der Waals surface area contributed by atoms with Crippen LogP contribution in [0.5, 0.6) is 34.5 Å². The molecule has 6 nitrogen and oxygen atoms in total. The van der Waals surface area contributed by atoms with Gasteiger partial charge in [0.15, 0.2) is 23.0 Å². The zero-order valence-electron chi connectivity index (χ0n) is 18.6. The smallest absolute Gasteiger partial charge is 0.160 e. The van der Waals surface area contributed by atoms with E-state index in [2.05, 4.69) is 6.07 Å². The highest BCUT2D eigenvalue weighted by Crippen LogP contribution is 2.41. The number of ether oxygens (including phenoxy) is 4. The quantitative estimate of drug-likeness (QED) is 0.544. The van der Waals surface area contributed by atoms with Crippen LogP contribution in [0.4, 0.5) is 0 Å². The molecular weight excluding hydrogens is 408 g/mol. The minimum Gasteiger partial charge on any atom is -0.504 e. The Morgan fingerprint density at radius 1 is 0.844 bits per heavy atom. The van der Waals surface area contributed by atoms with Crippen LogP contribution in [-0.4, -0.2) is 31.5 Å². The summed E-state index contributed by atoms with van der Waals surface area (Å²) >= 11 is 0. The summed E-state index contributed by atoms with van der Waals surface area (Å²) in [7, 11) is 4.74. The predicted octanol–water partition coefficient (Wildman–Crippen LogP) is 4.98. The van der Waals surface area contributed by atoms with Crippen LogP contribution in [-0.2, 0) is 19.3 Å². The second-order valence-corrected chi connectivity index (χ2v) is 7.85. The van der Waals surface area contributed by atoms with Crippen LogP contribution in [0.3, 0.4) is 0 Å². The molecule has 1 unspecified atom stereocenters. The first kappa shape index (κ1) is 21.7. The van der Waals surface area contributed by atoms with Crippen LogP contribution < -0.4 is 18.9 Å². The molecule has 2 N–H and O–H groups in total. The van der Waals surface area contributed by atoms with Gasteiger partial charge < -0.3 is 29.2 Å². The SMILES string of the molecule is COc1cc(CCc2ccc(O)c(OC)c2)c2c(c1)OC(c1ccc(O)c(OC)c1)CC2. The number of aryl methyl sites for hydroxylation is 2. The fourth-order valence-corrected chi connectivity index (χ4v) is 4.18. The van der Waals surface area contributed by atoms with E-state index in [1.54, 1.807) is 26.4 Å². The highest BCUT2D eigenvalue weighted by atomic mass is 16.5. The van der Waals surface area contributed by atoms with Crippen molar-refractivity contribution in [2.24, 2.45) is 0 Å². The summed E-state index contributed by atoms with van der Waals surface area (Å²) in [5.74, 6) is 2.75. The Kier molecular flexibility index (Phi) is 6.30. The molecule has 1 atom stereocenters. The van der Waals surface area contributed by atoms with Crippen molar-refractivity contribution in [3.05, 3.63) is 70.8 Å². The van der Waals surface area contributed by atoms with Crippen molar-refractivity contribution in [1.29, 1.82) is 0 Å². The molecule has 0 spiro atoms. The van der Waals surface area contributed by atoms with Gasteiger partial charge in [-0.1, -0.05) is 12.1 Å². The summed E-state index contributed by atoms with van der Waals surface area (Å²) in [6.45, 7) is 0. The van der Waals surface area contributed by atoms with Crippen molar-refractivity contribution in [2.45, 2.75) is 31.8 Å². The average molecular weight is 437 g/mol. The topological polar surface area (TPSA) is 77.4 Å². The zero-order valence-corrected chi connectivity index (χ0v) is 18.6. The Morgan fingerprint density at radius 3 is 2.28 bits per heavy atom. The van der Waals surface area contributed by atoms with Gasteiger partial charge in [-0.2, -0.15) is 0 Å². The van der Waals surface area contributed by atoms with Gasteiger partial charge in [-0.15, -0.1) is 0 Å². The molecular formula is C26H28O6. The van der Waals surface area contributed by atoms with E-state index in [0.29, 0.717) is 11.5 Å². The lowest BCUT2D eigenvalue weighted by Gasteiger charge is -2.29. The molecule has 1 heterocycles. The number of phenolic OH excluding ortho intramolecular Hbond substituents is 2. The molecule has 0 fully saturated rings. The summed E-state index contributed by atoms with van der Waals surface area (Å²) in [5.41, 5.74) is 4.43. The number of methoxy groups -OCH3 is 3. The first-order valence-corrected chi connectivity index (χ1v) is 10.6. The van der Waals surface area contributed by atoms with E-state index in [1.807, 2.05) is 30.3 Å². The number of hydrogen-bond donors (Lipinski definition) is 2. The molecule has 0 saturated carbocycles. The van der Waals surface area contributed by atoms with Crippen LogP contribution in [0.15, 0.2) is 48.5 Å². The molecule has 0 aromatic heterocycles. The molecule has 0 bridgehead atoms. The average Bonchev–Trinajstić information content (AvgIpc) is 2.83. The van der Waals surface area contributed by atoms with Crippen LogP contribution in [0.25, 0.3) is 0 Å². The molecule has 1 aliphatic heterocycles. The van der Waals surface area contributed by atoms with Crippen molar-refractivity contribution in [3.63, 3.8) is 0 Å². The minimum atomic E-state index is -0.127. The Hall–Kier alpha value is -3.54. The van der Waals surface area contributed by atoms with Gasteiger partial charge in [0.05, 0.1) is 21.3 Å². The van der Waals surface area contributed by atoms with Gasteiger partial charge in [-0.05, 0) is 78.3 Å². The first-order chi connectivity index (χ1) is 15.5. The maximum Gasteiger partial charge on any atom is 0.160 e. The highest BCUT2D eigenvalue weighted by molar-refractivity contribution is 5.50. The number of fused-ring (bicyclic) bond motifs is 1. The normalized spacial score (nSPS) is 14.9. The van der Waals surface area contributed by atoms with Crippen molar-refractivity contribution in [2.75, 3.05) is 21.3 Å². The van der Waals surface area contributed by atoms with E-state index >= 15 is 0 Å². The third kappa shape index (κ3) is 4.40. The lowest BCUT2D eigenvalue weighted by atomic mass is 9.91. The molecule has 0 aliphatic carbocycles. The fraction of sp³-hybridized carbons (Fsp3) is 0.308. The van der Waals surface area contributed by atoms with E-state index in [9.17, 15) is 10.2 Å². The standard InChI is InChI=1S/C26H28O6/c1-29-19-13-17(6-4-16-5-9-21(27)25(12-16)30-2)20-8-11-23(32-24(20)15-19)18-7-10-22(28)26(14-18)31-3/h5,7,9-10,12-15,23,27-28H,4,6,8,11H2,1-3H3. The number of benzene rings is 3. The van der Waals surface area contributed by atoms with Crippen LogP contribution in [0, 0.1) is 0 Å². The van der Waals surface area contributed by atoms with Gasteiger partial charge in [-0.25, -0.2) is 0 Å². The van der Waals surface area contributed by atoms with Gasteiger partial charge in [0.1, 0.15) is 17.6 Å². The van der Waals surface area contributed by atoms with Crippen molar-refractivity contribution < 1.29 is 29.2 Å². The van der Waals surface area contributed by atoms with Crippen LogP contribution in [0.2, 0.25) is 0 Å². The highest BCUT2D eigenvalue weighted by Gasteiger charge is 2.25. The maximum absolute atomic E-state index is 9.89. The molecule has 4 rings (SSSR count). The van der Waals surface area contributed by atoms with E-state index in [-0.39, 0.29) is 17.6 Å². The lowest BCUT2D eigenvalue weighted by molar-refractivity contribution is 0.175. The first-order valence-electron chi connectivity index (χ1n) is 10.6. The van der Waals surface area contributed by atoms with Gasteiger partial charge in [0.25, 0.3) is 0 Å². The van der Waals surface area contributed by atoms with Gasteiger partial charge in [0, 0.05) is 6.07 Å². The minimum absolute atomic E-state index is 0.113. The van der Waals surface area contributed by atoms with Crippen molar-refractivity contribution in [3.8, 4) is 34.5 Å². The third-order valence-corrected chi connectivity index (χ3v) is 5.94.